The first-order valence-electron chi connectivity index (χ1n) is 12.3. The SMILES string of the molecule is CCOC(=O)C1=C(O)/C(=C/c2cn(Cc3ccccc3)c3ccccc23)SC1=NC(=O)c1ccccc1C. The summed E-state index contributed by atoms with van der Waals surface area (Å²) in [6.45, 7) is 4.33. The summed E-state index contributed by atoms with van der Waals surface area (Å²) in [5.41, 5.74) is 4.20. The minimum Gasteiger partial charge on any atom is -0.506 e. The molecular weight excluding hydrogens is 496 g/mol. The van der Waals surface area contributed by atoms with Gasteiger partial charge in [0.1, 0.15) is 16.4 Å². The van der Waals surface area contributed by atoms with Crippen LogP contribution in [0.3, 0.4) is 0 Å². The highest BCUT2D eigenvalue weighted by Gasteiger charge is 2.34. The zero-order valence-corrected chi connectivity index (χ0v) is 21.9. The third kappa shape index (κ3) is 5.06. The van der Waals surface area contributed by atoms with Gasteiger partial charge in [0.05, 0.1) is 11.5 Å². The molecule has 4 aromatic rings. The summed E-state index contributed by atoms with van der Waals surface area (Å²) >= 11 is 1.08. The summed E-state index contributed by atoms with van der Waals surface area (Å²) in [4.78, 5) is 30.4. The molecular formula is C31H26N2O4S. The van der Waals surface area contributed by atoms with Gasteiger partial charge in [-0.2, -0.15) is 0 Å². The number of aliphatic imine (C=N–C) groups is 1. The smallest absolute Gasteiger partial charge is 0.344 e. The van der Waals surface area contributed by atoms with Crippen molar-refractivity contribution in [1.29, 1.82) is 0 Å². The van der Waals surface area contributed by atoms with Gasteiger partial charge in [0.25, 0.3) is 5.91 Å². The number of aliphatic hydroxyl groups is 1. The lowest BCUT2D eigenvalue weighted by atomic mass is 10.1. The largest absolute Gasteiger partial charge is 0.506 e. The quantitative estimate of drug-likeness (QED) is 0.285. The highest BCUT2D eigenvalue weighted by Crippen LogP contribution is 2.40. The number of ether oxygens (including phenoxy) is 1. The molecule has 0 atom stereocenters. The topological polar surface area (TPSA) is 80.9 Å². The van der Waals surface area contributed by atoms with E-state index >= 15 is 0 Å². The Balaban J connectivity index is 1.56. The van der Waals surface area contributed by atoms with Crippen LogP contribution in [0.1, 0.15) is 34.0 Å². The molecule has 1 aliphatic rings. The Bertz CT molecular complexity index is 1630. The van der Waals surface area contributed by atoms with Crippen LogP contribution in [-0.4, -0.2) is 33.2 Å². The Labute approximate surface area is 225 Å². The number of benzene rings is 3. The fourth-order valence-corrected chi connectivity index (χ4v) is 5.40. The summed E-state index contributed by atoms with van der Waals surface area (Å²) in [6.07, 6.45) is 3.85. The van der Waals surface area contributed by atoms with E-state index in [-0.39, 0.29) is 23.0 Å². The normalized spacial score (nSPS) is 15.5. The molecule has 0 saturated heterocycles. The number of carbonyl (C=O) groups is 2. The molecule has 1 amide bonds. The number of rotatable bonds is 6. The van der Waals surface area contributed by atoms with Crippen molar-refractivity contribution in [3.05, 3.63) is 124 Å². The number of esters is 1. The number of hydrogen-bond acceptors (Lipinski definition) is 5. The van der Waals surface area contributed by atoms with E-state index < -0.39 is 11.9 Å². The van der Waals surface area contributed by atoms with Crippen molar-refractivity contribution in [2.24, 2.45) is 4.99 Å². The Hall–Kier alpha value is -4.36. The summed E-state index contributed by atoms with van der Waals surface area (Å²) in [7, 11) is 0. The number of hydrogen-bond donors (Lipinski definition) is 1. The van der Waals surface area contributed by atoms with Gasteiger partial charge in [-0.25, -0.2) is 9.79 Å². The van der Waals surface area contributed by atoms with E-state index in [2.05, 4.69) is 27.8 Å². The van der Waals surface area contributed by atoms with E-state index in [0.717, 1.165) is 33.8 Å². The van der Waals surface area contributed by atoms with E-state index in [1.807, 2.05) is 67.7 Å². The zero-order chi connectivity index (χ0) is 26.6. The number of aromatic nitrogens is 1. The molecule has 38 heavy (non-hydrogen) atoms. The number of amides is 1. The molecule has 1 N–H and O–H groups in total. The van der Waals surface area contributed by atoms with Crippen LogP contribution in [0.15, 0.2) is 106 Å². The molecule has 1 aromatic heterocycles. The maximum Gasteiger partial charge on any atom is 0.344 e. The zero-order valence-electron chi connectivity index (χ0n) is 21.0. The molecule has 0 spiro atoms. The second kappa shape index (κ2) is 10.9. The molecule has 0 fully saturated rings. The lowest BCUT2D eigenvalue weighted by molar-refractivity contribution is -0.138. The molecule has 1 aliphatic heterocycles. The minimum absolute atomic E-state index is 0.0990. The van der Waals surface area contributed by atoms with Crippen LogP contribution in [0.5, 0.6) is 0 Å². The first-order valence-corrected chi connectivity index (χ1v) is 13.1. The molecule has 7 heteroatoms. The molecule has 0 radical (unpaired) electrons. The molecule has 3 aromatic carbocycles. The van der Waals surface area contributed by atoms with Gasteiger partial charge in [0, 0.05) is 34.8 Å². The Morgan fingerprint density at radius 3 is 2.47 bits per heavy atom. The maximum absolute atomic E-state index is 13.0. The second-order valence-corrected chi connectivity index (χ2v) is 9.84. The fourth-order valence-electron chi connectivity index (χ4n) is 4.40. The highest BCUT2D eigenvalue weighted by atomic mass is 32.2. The molecule has 2 heterocycles. The second-order valence-electron chi connectivity index (χ2n) is 8.81. The molecule has 0 aliphatic carbocycles. The van der Waals surface area contributed by atoms with Gasteiger partial charge in [0.15, 0.2) is 0 Å². The molecule has 0 saturated carbocycles. The van der Waals surface area contributed by atoms with Crippen molar-refractivity contribution < 1.29 is 19.4 Å². The first kappa shape index (κ1) is 25.3. The predicted octanol–water partition coefficient (Wildman–Crippen LogP) is 6.70. The predicted molar refractivity (Wildman–Crippen MR) is 152 cm³/mol. The number of carbonyl (C=O) groups excluding carboxylic acids is 2. The van der Waals surface area contributed by atoms with Crippen LogP contribution < -0.4 is 0 Å². The van der Waals surface area contributed by atoms with E-state index in [9.17, 15) is 14.7 Å². The lowest BCUT2D eigenvalue weighted by Crippen LogP contribution is -2.14. The number of aryl methyl sites for hydroxylation is 1. The standard InChI is InChI=1S/C31H26N2O4S/c1-3-37-31(36)27-28(34)26(38-30(27)32-29(35)23-14-8-7-11-20(23)2)17-22-19-33(18-21-12-5-4-6-13-21)25-16-10-9-15-24(22)25/h4-17,19,34H,3,18H2,1-2H3/b26-17-,32-30?. The van der Waals surface area contributed by atoms with Crippen molar-refractivity contribution >= 4 is 45.7 Å². The number of aliphatic hydroxyl groups excluding tert-OH is 1. The van der Waals surface area contributed by atoms with E-state index in [1.165, 1.54) is 5.56 Å². The van der Waals surface area contributed by atoms with Crippen molar-refractivity contribution in [2.75, 3.05) is 6.61 Å². The average Bonchev–Trinajstić information content (AvgIpc) is 3.41. The number of nitrogens with zero attached hydrogens (tertiary/aromatic N) is 2. The molecule has 6 nitrogen and oxygen atoms in total. The third-order valence-electron chi connectivity index (χ3n) is 6.25. The minimum atomic E-state index is -0.719. The summed E-state index contributed by atoms with van der Waals surface area (Å²) in [6, 6.07) is 25.3. The molecule has 0 bridgehead atoms. The van der Waals surface area contributed by atoms with Gasteiger partial charge < -0.3 is 14.4 Å². The van der Waals surface area contributed by atoms with Gasteiger partial charge in [0.2, 0.25) is 0 Å². The van der Waals surface area contributed by atoms with Gasteiger partial charge in [-0.3, -0.25) is 4.79 Å². The molecule has 5 rings (SSSR count). The Morgan fingerprint density at radius 1 is 1.00 bits per heavy atom. The summed E-state index contributed by atoms with van der Waals surface area (Å²) < 4.78 is 7.34. The Morgan fingerprint density at radius 2 is 1.71 bits per heavy atom. The van der Waals surface area contributed by atoms with Gasteiger partial charge in [-0.15, -0.1) is 0 Å². The lowest BCUT2D eigenvalue weighted by Gasteiger charge is -2.05. The molecule has 0 unspecified atom stereocenters. The fraction of sp³-hybridized carbons (Fsp3) is 0.129. The van der Waals surface area contributed by atoms with Crippen LogP contribution >= 0.6 is 11.8 Å². The monoisotopic (exact) mass is 522 g/mol. The first-order chi connectivity index (χ1) is 18.5. The van der Waals surface area contributed by atoms with Crippen LogP contribution in [0.25, 0.3) is 17.0 Å². The van der Waals surface area contributed by atoms with E-state index in [1.54, 1.807) is 19.1 Å². The van der Waals surface area contributed by atoms with Gasteiger partial charge in [-0.1, -0.05) is 78.5 Å². The van der Waals surface area contributed by atoms with Crippen molar-refractivity contribution in [2.45, 2.75) is 20.4 Å². The van der Waals surface area contributed by atoms with E-state index in [4.69, 9.17) is 4.74 Å². The highest BCUT2D eigenvalue weighted by molar-refractivity contribution is 8.18. The van der Waals surface area contributed by atoms with E-state index in [0.29, 0.717) is 17.0 Å². The van der Waals surface area contributed by atoms with Crippen LogP contribution in [0, 0.1) is 6.92 Å². The molecule has 190 valence electrons. The summed E-state index contributed by atoms with van der Waals surface area (Å²) in [5, 5.41) is 12.2. The van der Waals surface area contributed by atoms with Crippen LogP contribution in [0.4, 0.5) is 0 Å². The maximum atomic E-state index is 13.0. The van der Waals surface area contributed by atoms with Crippen LogP contribution in [-0.2, 0) is 16.1 Å². The van der Waals surface area contributed by atoms with Crippen molar-refractivity contribution in [3.8, 4) is 0 Å². The van der Waals surface area contributed by atoms with Crippen molar-refractivity contribution in [3.63, 3.8) is 0 Å². The average molecular weight is 523 g/mol. The van der Waals surface area contributed by atoms with Gasteiger partial charge in [-0.05, 0) is 43.2 Å². The Kier molecular flexibility index (Phi) is 7.29. The van der Waals surface area contributed by atoms with Crippen LogP contribution in [0.2, 0.25) is 0 Å². The number of para-hydroxylation sites is 1. The van der Waals surface area contributed by atoms with Crippen molar-refractivity contribution in [1.82, 2.24) is 4.57 Å². The van der Waals surface area contributed by atoms with Gasteiger partial charge >= 0.3 is 5.97 Å². The number of fused-ring (bicyclic) bond motifs is 1. The summed E-state index contributed by atoms with van der Waals surface area (Å²) in [5.74, 6) is -1.45. The third-order valence-corrected chi connectivity index (χ3v) is 7.27. The number of thioether (sulfide) groups is 1.